The van der Waals surface area contributed by atoms with Crippen molar-refractivity contribution in [2.45, 2.75) is 19.8 Å². The highest BCUT2D eigenvalue weighted by molar-refractivity contribution is 6.07. The molecular formula is C12H17N5O. The van der Waals surface area contributed by atoms with Gasteiger partial charge in [0.05, 0.1) is 6.26 Å². The van der Waals surface area contributed by atoms with Crippen LogP contribution in [0.2, 0.25) is 0 Å². The third kappa shape index (κ3) is 2.58. The predicted octanol–water partition coefficient (Wildman–Crippen LogP) is 1.84. The number of hydrogen-bond acceptors (Lipinski definition) is 4. The number of nitrogens with one attached hydrogen (secondary N) is 1. The highest BCUT2D eigenvalue weighted by Crippen LogP contribution is 2.18. The van der Waals surface area contributed by atoms with Crippen molar-refractivity contribution in [3.05, 3.63) is 18.4 Å². The molecule has 2 rings (SSSR count). The summed E-state index contributed by atoms with van der Waals surface area (Å²) in [7, 11) is 1.87. The van der Waals surface area contributed by atoms with Gasteiger partial charge in [0.1, 0.15) is 11.7 Å². The molecule has 1 aromatic rings. The van der Waals surface area contributed by atoms with Gasteiger partial charge < -0.3 is 15.1 Å². The van der Waals surface area contributed by atoms with Gasteiger partial charge in [0.15, 0.2) is 5.88 Å². The Morgan fingerprint density at radius 2 is 2.28 bits per heavy atom. The topological polar surface area (TPSA) is 91.0 Å². The van der Waals surface area contributed by atoms with Crippen molar-refractivity contribution >= 4 is 23.5 Å². The molecule has 6 nitrogen and oxygen atoms in total. The van der Waals surface area contributed by atoms with Crippen LogP contribution in [-0.4, -0.2) is 24.7 Å². The maximum absolute atomic E-state index is 7.68. The lowest BCUT2D eigenvalue weighted by atomic mass is 10.0. The van der Waals surface area contributed by atoms with Gasteiger partial charge in [-0.3, -0.25) is 5.41 Å². The van der Waals surface area contributed by atoms with Crippen LogP contribution in [-0.2, 0) is 0 Å². The molecule has 18 heavy (non-hydrogen) atoms. The number of nitrogens with two attached hydrogens (primary N) is 1. The van der Waals surface area contributed by atoms with Gasteiger partial charge in [0, 0.05) is 25.5 Å². The predicted molar refractivity (Wildman–Crippen MR) is 72.3 cm³/mol. The molecule has 0 radical (unpaired) electrons. The highest BCUT2D eigenvalue weighted by atomic mass is 16.3. The zero-order chi connectivity index (χ0) is 13.1. The molecule has 0 aliphatic carbocycles. The molecule has 0 aromatic carbocycles. The van der Waals surface area contributed by atoms with Crippen molar-refractivity contribution in [1.29, 1.82) is 5.41 Å². The molecule has 2 heterocycles. The Balaban J connectivity index is 2.25. The van der Waals surface area contributed by atoms with Gasteiger partial charge in [0.25, 0.3) is 0 Å². The van der Waals surface area contributed by atoms with Crippen molar-refractivity contribution in [3.63, 3.8) is 0 Å². The van der Waals surface area contributed by atoms with Gasteiger partial charge in [-0.25, -0.2) is 0 Å². The lowest BCUT2D eigenvalue weighted by molar-refractivity contribution is 0.570. The minimum Gasteiger partial charge on any atom is -0.448 e. The lowest BCUT2D eigenvalue weighted by Gasteiger charge is -2.21. The van der Waals surface area contributed by atoms with Crippen LogP contribution in [0, 0.1) is 11.3 Å². The van der Waals surface area contributed by atoms with E-state index in [0.717, 1.165) is 18.7 Å². The first-order chi connectivity index (χ1) is 8.58. The summed E-state index contributed by atoms with van der Waals surface area (Å²) in [5, 5.41) is 7.68. The highest BCUT2D eigenvalue weighted by Gasteiger charge is 2.18. The molecule has 0 spiro atoms. The molecule has 96 valence electrons. The smallest absolute Gasteiger partial charge is 0.245 e. The zero-order valence-electron chi connectivity index (χ0n) is 10.6. The van der Waals surface area contributed by atoms with Crippen molar-refractivity contribution < 1.29 is 4.42 Å². The van der Waals surface area contributed by atoms with Crippen molar-refractivity contribution in [2.24, 2.45) is 21.6 Å². The Kier molecular flexibility index (Phi) is 3.45. The molecule has 1 aromatic heterocycles. The Morgan fingerprint density at radius 1 is 1.50 bits per heavy atom. The average molecular weight is 247 g/mol. The number of nitrogens with zero attached hydrogens (tertiary/aromatic N) is 3. The van der Waals surface area contributed by atoms with E-state index in [-0.39, 0.29) is 11.9 Å². The first-order valence-corrected chi connectivity index (χ1v) is 5.85. The second-order valence-electron chi connectivity index (χ2n) is 4.34. The fourth-order valence-corrected chi connectivity index (χ4v) is 1.76. The van der Waals surface area contributed by atoms with E-state index in [9.17, 15) is 0 Å². The maximum atomic E-state index is 7.68. The molecule has 1 aliphatic rings. The quantitative estimate of drug-likeness (QED) is 0.793. The van der Waals surface area contributed by atoms with E-state index in [4.69, 9.17) is 15.6 Å². The Morgan fingerprint density at radius 3 is 2.94 bits per heavy atom. The molecule has 0 bridgehead atoms. The van der Waals surface area contributed by atoms with E-state index in [1.54, 1.807) is 6.26 Å². The van der Waals surface area contributed by atoms with Crippen molar-refractivity contribution in [1.82, 2.24) is 0 Å². The third-order valence-corrected chi connectivity index (χ3v) is 3.00. The van der Waals surface area contributed by atoms with Gasteiger partial charge in [0.2, 0.25) is 5.96 Å². The number of anilines is 1. The standard InChI is InChI=1S/C12H17N5O/c1-8-5-6-9(15-12(14)16-11(8)13)17(2)10-4-3-7-18-10/h3-4,7-8H,5-6H2,1-2H3,(H3,13,14,16). The summed E-state index contributed by atoms with van der Waals surface area (Å²) in [6, 6.07) is 3.67. The number of furan rings is 1. The van der Waals surface area contributed by atoms with Gasteiger partial charge in [-0.15, -0.1) is 0 Å². The largest absolute Gasteiger partial charge is 0.448 e. The van der Waals surface area contributed by atoms with Gasteiger partial charge in [-0.1, -0.05) is 6.92 Å². The minimum absolute atomic E-state index is 0.0625. The fourth-order valence-electron chi connectivity index (χ4n) is 1.76. The second kappa shape index (κ2) is 5.03. The molecule has 3 N–H and O–H groups in total. The number of aliphatic imine (C=N–C) groups is 2. The Labute approximate surface area is 106 Å². The molecule has 0 saturated heterocycles. The number of amidine groups is 2. The molecular weight excluding hydrogens is 230 g/mol. The van der Waals surface area contributed by atoms with Gasteiger partial charge >= 0.3 is 0 Å². The first-order valence-electron chi connectivity index (χ1n) is 5.85. The number of rotatable bonds is 1. The van der Waals surface area contributed by atoms with Crippen LogP contribution in [0.1, 0.15) is 19.8 Å². The lowest BCUT2D eigenvalue weighted by Crippen LogP contribution is -2.31. The molecule has 0 fully saturated rings. The van der Waals surface area contributed by atoms with E-state index in [1.807, 2.05) is 31.0 Å². The Bertz CT molecular complexity index is 489. The fraction of sp³-hybridized carbons (Fsp3) is 0.417. The molecule has 0 saturated carbocycles. The average Bonchev–Trinajstić information content (AvgIpc) is 2.85. The summed E-state index contributed by atoms with van der Waals surface area (Å²) in [5.41, 5.74) is 5.76. The molecule has 6 heteroatoms. The summed E-state index contributed by atoms with van der Waals surface area (Å²) >= 11 is 0. The van der Waals surface area contributed by atoms with Crippen LogP contribution in [0.5, 0.6) is 0 Å². The summed E-state index contributed by atoms with van der Waals surface area (Å²) in [4.78, 5) is 9.97. The monoisotopic (exact) mass is 247 g/mol. The van der Waals surface area contributed by atoms with Crippen LogP contribution < -0.4 is 10.6 Å². The van der Waals surface area contributed by atoms with E-state index < -0.39 is 0 Å². The summed E-state index contributed by atoms with van der Waals surface area (Å²) in [6.45, 7) is 2.00. The van der Waals surface area contributed by atoms with Crippen LogP contribution in [0.4, 0.5) is 5.88 Å². The number of guanidine groups is 1. The summed E-state index contributed by atoms with van der Waals surface area (Å²) < 4.78 is 5.32. The normalized spacial score (nSPS) is 20.8. The number of hydrogen-bond donors (Lipinski definition) is 2. The van der Waals surface area contributed by atoms with E-state index >= 15 is 0 Å². The summed E-state index contributed by atoms with van der Waals surface area (Å²) in [5.74, 6) is 2.03. The van der Waals surface area contributed by atoms with Crippen molar-refractivity contribution in [2.75, 3.05) is 11.9 Å². The molecule has 0 amide bonds. The van der Waals surface area contributed by atoms with Gasteiger partial charge in [-0.05, 0) is 12.5 Å². The van der Waals surface area contributed by atoms with Crippen LogP contribution in [0.15, 0.2) is 32.8 Å². The minimum atomic E-state index is -0.0625. The SMILES string of the molecule is CC1CCC(N(C)c2ccco2)=NC(=N)N=C1N. The maximum Gasteiger partial charge on any atom is 0.245 e. The third-order valence-electron chi connectivity index (χ3n) is 3.00. The molecule has 1 aliphatic heterocycles. The first kappa shape index (κ1) is 12.3. The van der Waals surface area contributed by atoms with Crippen LogP contribution >= 0.6 is 0 Å². The summed E-state index contributed by atoms with van der Waals surface area (Å²) in [6.07, 6.45) is 3.20. The van der Waals surface area contributed by atoms with Crippen LogP contribution in [0.3, 0.4) is 0 Å². The van der Waals surface area contributed by atoms with E-state index in [1.165, 1.54) is 0 Å². The molecule has 1 unspecified atom stereocenters. The second-order valence-corrected chi connectivity index (χ2v) is 4.34. The van der Waals surface area contributed by atoms with Crippen LogP contribution in [0.25, 0.3) is 0 Å². The van der Waals surface area contributed by atoms with E-state index in [2.05, 4.69) is 9.98 Å². The van der Waals surface area contributed by atoms with E-state index in [0.29, 0.717) is 11.7 Å². The molecule has 1 atom stereocenters. The van der Waals surface area contributed by atoms with Crippen molar-refractivity contribution in [3.8, 4) is 0 Å². The van der Waals surface area contributed by atoms with Gasteiger partial charge in [-0.2, -0.15) is 9.98 Å². The Hall–Kier alpha value is -2.11. The zero-order valence-corrected chi connectivity index (χ0v) is 10.6.